The molecular weight excluding hydrogens is 283 g/mol. The molecule has 0 aromatic heterocycles. The minimum absolute atomic E-state index is 0.0105. The Morgan fingerprint density at radius 3 is 2.68 bits per heavy atom. The van der Waals surface area contributed by atoms with Crippen LogP contribution in [0.4, 0.5) is 5.69 Å². The van der Waals surface area contributed by atoms with E-state index < -0.39 is 0 Å². The zero-order valence-corrected chi connectivity index (χ0v) is 12.5. The lowest BCUT2D eigenvalue weighted by Crippen LogP contribution is -2.33. The summed E-state index contributed by atoms with van der Waals surface area (Å²) in [5.74, 6) is -0.0105. The smallest absolute Gasteiger partial charge is 0.225 e. The highest BCUT2D eigenvalue weighted by Gasteiger charge is 2.20. The number of likely N-dealkylation sites (tertiary alicyclic amines) is 1. The lowest BCUT2D eigenvalue weighted by atomic mass is 10.2. The van der Waals surface area contributed by atoms with Gasteiger partial charge in [-0.15, -0.1) is 0 Å². The molecule has 1 aliphatic rings. The number of halogens is 2. The molecule has 1 unspecified atom stereocenters. The van der Waals surface area contributed by atoms with Gasteiger partial charge in [0.1, 0.15) is 0 Å². The molecule has 5 heteroatoms. The first-order valence-corrected chi connectivity index (χ1v) is 7.31. The molecule has 1 saturated heterocycles. The van der Waals surface area contributed by atoms with E-state index in [4.69, 9.17) is 23.2 Å². The molecule has 104 valence electrons. The second-order valence-electron chi connectivity index (χ2n) is 4.97. The highest BCUT2D eigenvalue weighted by Crippen LogP contribution is 2.25. The third-order valence-electron chi connectivity index (χ3n) is 3.45. The Labute approximate surface area is 123 Å². The van der Waals surface area contributed by atoms with Crippen LogP contribution in [0.25, 0.3) is 0 Å². The Morgan fingerprint density at radius 2 is 2.05 bits per heavy atom. The van der Waals surface area contributed by atoms with Gasteiger partial charge in [-0.2, -0.15) is 0 Å². The number of anilines is 1. The highest BCUT2D eigenvalue weighted by molar-refractivity contribution is 6.36. The molecule has 0 bridgehead atoms. The Balaban J connectivity index is 1.89. The fourth-order valence-electron chi connectivity index (χ4n) is 2.37. The third kappa shape index (κ3) is 4.10. The topological polar surface area (TPSA) is 32.3 Å². The second-order valence-corrected chi connectivity index (χ2v) is 5.81. The summed E-state index contributed by atoms with van der Waals surface area (Å²) in [6.45, 7) is 4.28. The zero-order chi connectivity index (χ0) is 13.8. The van der Waals surface area contributed by atoms with Gasteiger partial charge in [-0.3, -0.25) is 4.79 Å². The van der Waals surface area contributed by atoms with Crippen LogP contribution in [0.5, 0.6) is 0 Å². The predicted octanol–water partition coefficient (Wildman–Crippen LogP) is 3.81. The SMILES string of the molecule is CC(CC(=O)Nc1ccc(Cl)cc1Cl)N1CCCC1. The summed E-state index contributed by atoms with van der Waals surface area (Å²) in [4.78, 5) is 14.3. The van der Waals surface area contributed by atoms with Crippen LogP contribution in [-0.4, -0.2) is 29.9 Å². The summed E-state index contributed by atoms with van der Waals surface area (Å²) in [6, 6.07) is 5.34. The minimum Gasteiger partial charge on any atom is -0.325 e. The molecule has 19 heavy (non-hydrogen) atoms. The number of carbonyl (C=O) groups is 1. The van der Waals surface area contributed by atoms with Crippen molar-refractivity contribution in [1.82, 2.24) is 4.90 Å². The van der Waals surface area contributed by atoms with Crippen LogP contribution in [0, 0.1) is 0 Å². The van der Waals surface area contributed by atoms with E-state index in [1.807, 2.05) is 0 Å². The average Bonchev–Trinajstić information content (AvgIpc) is 2.86. The van der Waals surface area contributed by atoms with Crippen LogP contribution in [0.2, 0.25) is 10.0 Å². The van der Waals surface area contributed by atoms with Gasteiger partial charge < -0.3 is 10.2 Å². The summed E-state index contributed by atoms with van der Waals surface area (Å²) in [6.07, 6.45) is 2.95. The number of amides is 1. The predicted molar refractivity (Wildman–Crippen MR) is 80.0 cm³/mol. The molecule has 1 aromatic rings. The van der Waals surface area contributed by atoms with Crippen molar-refractivity contribution in [3.8, 4) is 0 Å². The number of nitrogens with zero attached hydrogens (tertiary/aromatic N) is 1. The Bertz CT molecular complexity index is 459. The van der Waals surface area contributed by atoms with E-state index in [0.717, 1.165) is 13.1 Å². The molecule has 0 radical (unpaired) electrons. The minimum atomic E-state index is -0.0105. The fourth-order valence-corrected chi connectivity index (χ4v) is 2.83. The molecule has 1 aromatic carbocycles. The third-order valence-corrected chi connectivity index (χ3v) is 4.00. The van der Waals surface area contributed by atoms with Crippen LogP contribution < -0.4 is 5.32 Å². The Hall–Kier alpha value is -0.770. The van der Waals surface area contributed by atoms with Crippen molar-refractivity contribution < 1.29 is 4.79 Å². The Kier molecular flexibility index (Phi) is 5.08. The number of nitrogens with one attached hydrogen (secondary N) is 1. The summed E-state index contributed by atoms with van der Waals surface area (Å²) in [5, 5.41) is 3.87. The van der Waals surface area contributed by atoms with Crippen LogP contribution in [0.15, 0.2) is 18.2 Å². The molecule has 1 amide bonds. The van der Waals surface area contributed by atoms with Crippen molar-refractivity contribution in [3.05, 3.63) is 28.2 Å². The van der Waals surface area contributed by atoms with Gasteiger partial charge in [0.15, 0.2) is 0 Å². The molecule has 1 fully saturated rings. The molecule has 1 aliphatic heterocycles. The summed E-state index contributed by atoms with van der Waals surface area (Å²) >= 11 is 11.8. The molecule has 0 saturated carbocycles. The van der Waals surface area contributed by atoms with E-state index in [1.54, 1.807) is 18.2 Å². The molecule has 1 heterocycles. The van der Waals surface area contributed by atoms with Gasteiger partial charge in [0.2, 0.25) is 5.91 Å². The van der Waals surface area contributed by atoms with E-state index in [0.29, 0.717) is 22.2 Å². The summed E-state index contributed by atoms with van der Waals surface area (Å²) in [7, 11) is 0. The van der Waals surface area contributed by atoms with Crippen molar-refractivity contribution in [2.75, 3.05) is 18.4 Å². The second kappa shape index (κ2) is 6.60. The van der Waals surface area contributed by atoms with Crippen LogP contribution in [0.1, 0.15) is 26.2 Å². The van der Waals surface area contributed by atoms with Crippen molar-refractivity contribution in [2.24, 2.45) is 0 Å². The van der Waals surface area contributed by atoms with E-state index in [-0.39, 0.29) is 11.9 Å². The maximum Gasteiger partial charge on any atom is 0.225 e. The van der Waals surface area contributed by atoms with Crippen molar-refractivity contribution in [1.29, 1.82) is 0 Å². The number of benzene rings is 1. The number of rotatable bonds is 4. The lowest BCUT2D eigenvalue weighted by molar-refractivity contribution is -0.117. The lowest BCUT2D eigenvalue weighted by Gasteiger charge is -2.23. The molecule has 1 atom stereocenters. The first-order chi connectivity index (χ1) is 9.06. The molecule has 0 aliphatic carbocycles. The quantitative estimate of drug-likeness (QED) is 0.917. The number of hydrogen-bond donors (Lipinski definition) is 1. The molecule has 3 nitrogen and oxygen atoms in total. The highest BCUT2D eigenvalue weighted by atomic mass is 35.5. The van der Waals surface area contributed by atoms with Crippen molar-refractivity contribution in [2.45, 2.75) is 32.2 Å². The van der Waals surface area contributed by atoms with E-state index >= 15 is 0 Å². The molecule has 1 N–H and O–H groups in total. The van der Waals surface area contributed by atoms with Crippen molar-refractivity contribution >= 4 is 34.8 Å². The van der Waals surface area contributed by atoms with Gasteiger partial charge in [0.25, 0.3) is 0 Å². The van der Waals surface area contributed by atoms with Crippen molar-refractivity contribution in [3.63, 3.8) is 0 Å². The van der Waals surface area contributed by atoms with Gasteiger partial charge in [0.05, 0.1) is 10.7 Å². The number of hydrogen-bond acceptors (Lipinski definition) is 2. The van der Waals surface area contributed by atoms with E-state index in [9.17, 15) is 4.79 Å². The Morgan fingerprint density at radius 1 is 1.37 bits per heavy atom. The standard InChI is InChI=1S/C14H18Cl2N2O/c1-10(18-6-2-3-7-18)8-14(19)17-13-5-4-11(15)9-12(13)16/h4-5,9-10H,2-3,6-8H2,1H3,(H,17,19). The van der Waals surface area contributed by atoms with E-state index in [2.05, 4.69) is 17.1 Å². The fraction of sp³-hybridized carbons (Fsp3) is 0.500. The molecule has 2 rings (SSSR count). The molecule has 0 spiro atoms. The van der Waals surface area contributed by atoms with E-state index in [1.165, 1.54) is 12.8 Å². The zero-order valence-electron chi connectivity index (χ0n) is 11.0. The van der Waals surface area contributed by atoms with Crippen LogP contribution in [-0.2, 0) is 4.79 Å². The van der Waals surface area contributed by atoms with Gasteiger partial charge in [-0.05, 0) is 51.1 Å². The summed E-state index contributed by atoms with van der Waals surface area (Å²) in [5.41, 5.74) is 0.615. The summed E-state index contributed by atoms with van der Waals surface area (Å²) < 4.78 is 0. The first-order valence-electron chi connectivity index (χ1n) is 6.55. The van der Waals surface area contributed by atoms with Crippen LogP contribution >= 0.6 is 23.2 Å². The maximum atomic E-state index is 12.0. The van der Waals surface area contributed by atoms with Gasteiger partial charge >= 0.3 is 0 Å². The maximum absolute atomic E-state index is 12.0. The van der Waals surface area contributed by atoms with Gasteiger partial charge in [-0.25, -0.2) is 0 Å². The van der Waals surface area contributed by atoms with Gasteiger partial charge in [-0.1, -0.05) is 23.2 Å². The van der Waals surface area contributed by atoms with Crippen LogP contribution in [0.3, 0.4) is 0 Å². The largest absolute Gasteiger partial charge is 0.325 e. The molecular formula is C14H18Cl2N2O. The normalized spacial score (nSPS) is 17.4. The number of carbonyl (C=O) groups excluding carboxylic acids is 1. The van der Waals surface area contributed by atoms with Gasteiger partial charge in [0, 0.05) is 17.5 Å². The average molecular weight is 301 g/mol. The first kappa shape index (κ1) is 14.6. The monoisotopic (exact) mass is 300 g/mol.